The van der Waals surface area contributed by atoms with Gasteiger partial charge in [-0.2, -0.15) is 0 Å². The van der Waals surface area contributed by atoms with Crippen molar-refractivity contribution in [2.24, 2.45) is 0 Å². The van der Waals surface area contributed by atoms with Crippen molar-refractivity contribution in [3.05, 3.63) is 15.9 Å². The second kappa shape index (κ2) is 6.62. The normalized spacial score (nSPS) is 13.4. The SMILES string of the molecule is COC(CNS(=O)(=O)c1ccc(Br)s1)CC(=O)O. The quantitative estimate of drug-likeness (QED) is 0.766. The van der Waals surface area contributed by atoms with Crippen LogP contribution in [0.15, 0.2) is 20.1 Å². The van der Waals surface area contributed by atoms with Gasteiger partial charge in [0.15, 0.2) is 0 Å². The summed E-state index contributed by atoms with van der Waals surface area (Å²) in [4.78, 5) is 10.5. The van der Waals surface area contributed by atoms with E-state index in [1.54, 1.807) is 6.07 Å². The molecule has 0 aliphatic heterocycles. The highest BCUT2D eigenvalue weighted by atomic mass is 79.9. The van der Waals surface area contributed by atoms with Crippen LogP contribution in [-0.4, -0.2) is 39.3 Å². The summed E-state index contributed by atoms with van der Waals surface area (Å²) in [6.45, 7) is -0.0827. The Morgan fingerprint density at radius 1 is 1.61 bits per heavy atom. The van der Waals surface area contributed by atoms with Crippen molar-refractivity contribution in [2.75, 3.05) is 13.7 Å². The molecule has 1 rings (SSSR count). The number of carboxylic acids is 1. The Hall–Kier alpha value is -0.480. The highest BCUT2D eigenvalue weighted by Crippen LogP contribution is 2.25. The van der Waals surface area contributed by atoms with Gasteiger partial charge in [0.1, 0.15) is 4.21 Å². The molecule has 18 heavy (non-hydrogen) atoms. The van der Waals surface area contributed by atoms with Crippen LogP contribution in [0.5, 0.6) is 0 Å². The summed E-state index contributed by atoms with van der Waals surface area (Å²) in [5, 5.41) is 8.60. The van der Waals surface area contributed by atoms with Crippen molar-refractivity contribution in [1.82, 2.24) is 4.72 Å². The van der Waals surface area contributed by atoms with Crippen molar-refractivity contribution >= 4 is 43.3 Å². The molecule has 0 amide bonds. The van der Waals surface area contributed by atoms with Crippen molar-refractivity contribution < 1.29 is 23.1 Å². The number of carbonyl (C=O) groups is 1. The van der Waals surface area contributed by atoms with Gasteiger partial charge in [-0.15, -0.1) is 11.3 Å². The lowest BCUT2D eigenvalue weighted by atomic mass is 10.2. The smallest absolute Gasteiger partial charge is 0.306 e. The van der Waals surface area contributed by atoms with E-state index in [1.807, 2.05) is 0 Å². The van der Waals surface area contributed by atoms with Crippen molar-refractivity contribution in [3.8, 4) is 0 Å². The van der Waals surface area contributed by atoms with Gasteiger partial charge in [0.05, 0.1) is 16.3 Å². The van der Waals surface area contributed by atoms with Gasteiger partial charge in [-0.3, -0.25) is 4.79 Å². The molecule has 1 heterocycles. The molecular weight excluding hydrogens is 346 g/mol. The molecule has 1 unspecified atom stereocenters. The summed E-state index contributed by atoms with van der Waals surface area (Å²) in [5.74, 6) is -1.04. The summed E-state index contributed by atoms with van der Waals surface area (Å²) >= 11 is 4.25. The second-order valence-electron chi connectivity index (χ2n) is 3.37. The molecular formula is C9H12BrNO5S2. The first-order chi connectivity index (χ1) is 8.35. The number of aliphatic carboxylic acids is 1. The lowest BCUT2D eigenvalue weighted by Crippen LogP contribution is -2.34. The lowest BCUT2D eigenvalue weighted by molar-refractivity contribution is -0.139. The molecule has 102 valence electrons. The molecule has 0 aromatic carbocycles. The largest absolute Gasteiger partial charge is 0.481 e. The third-order valence-corrected chi connectivity index (χ3v) is 5.59. The number of sulfonamides is 1. The number of thiophene rings is 1. The molecule has 0 saturated carbocycles. The number of ether oxygens (including phenoxy) is 1. The standard InChI is InChI=1S/C9H12BrNO5S2/c1-16-6(4-8(12)13)5-11-18(14,15)9-3-2-7(10)17-9/h2-3,6,11H,4-5H2,1H3,(H,12,13). The molecule has 0 aliphatic rings. The van der Waals surface area contributed by atoms with Crippen LogP contribution in [0.3, 0.4) is 0 Å². The van der Waals surface area contributed by atoms with E-state index in [4.69, 9.17) is 9.84 Å². The van der Waals surface area contributed by atoms with Gasteiger partial charge in [-0.05, 0) is 28.1 Å². The van der Waals surface area contributed by atoms with Crippen molar-refractivity contribution in [3.63, 3.8) is 0 Å². The number of methoxy groups -OCH3 is 1. The Kier molecular flexibility index (Phi) is 5.73. The van der Waals surface area contributed by atoms with Gasteiger partial charge in [0.25, 0.3) is 0 Å². The number of hydrogen-bond acceptors (Lipinski definition) is 5. The van der Waals surface area contributed by atoms with Crippen molar-refractivity contribution in [1.29, 1.82) is 0 Å². The number of hydrogen-bond donors (Lipinski definition) is 2. The van der Waals surface area contributed by atoms with Crippen LogP contribution >= 0.6 is 27.3 Å². The Morgan fingerprint density at radius 3 is 2.72 bits per heavy atom. The van der Waals surface area contributed by atoms with Gasteiger partial charge < -0.3 is 9.84 Å². The molecule has 2 N–H and O–H groups in total. The molecule has 0 spiro atoms. The molecule has 1 aromatic heterocycles. The predicted octanol–water partition coefficient (Wildman–Crippen LogP) is 1.28. The fraction of sp³-hybridized carbons (Fsp3) is 0.444. The molecule has 0 bridgehead atoms. The third-order valence-electron chi connectivity index (χ3n) is 2.05. The van der Waals surface area contributed by atoms with Crippen LogP contribution in [0.25, 0.3) is 0 Å². The minimum atomic E-state index is -3.61. The molecule has 0 aliphatic carbocycles. The van der Waals surface area contributed by atoms with Gasteiger partial charge in [0, 0.05) is 13.7 Å². The molecule has 6 nitrogen and oxygen atoms in total. The average Bonchev–Trinajstić information content (AvgIpc) is 2.71. The molecule has 1 atom stereocenters. The molecule has 0 radical (unpaired) electrons. The molecule has 0 fully saturated rings. The van der Waals surface area contributed by atoms with Crippen LogP contribution in [0.4, 0.5) is 0 Å². The van der Waals surface area contributed by atoms with E-state index in [0.29, 0.717) is 3.79 Å². The highest BCUT2D eigenvalue weighted by Gasteiger charge is 2.20. The second-order valence-corrected chi connectivity index (χ2v) is 7.82. The van der Waals surface area contributed by atoms with Crippen LogP contribution in [0, 0.1) is 0 Å². The average molecular weight is 358 g/mol. The van der Waals surface area contributed by atoms with E-state index >= 15 is 0 Å². The van der Waals surface area contributed by atoms with Gasteiger partial charge in [-0.1, -0.05) is 0 Å². The maximum Gasteiger partial charge on any atom is 0.306 e. The Bertz CT molecular complexity index is 513. The van der Waals surface area contributed by atoms with Crippen LogP contribution in [0.2, 0.25) is 0 Å². The van der Waals surface area contributed by atoms with Crippen LogP contribution in [-0.2, 0) is 19.6 Å². The van der Waals surface area contributed by atoms with Crippen LogP contribution in [0.1, 0.15) is 6.42 Å². The zero-order valence-electron chi connectivity index (χ0n) is 9.42. The van der Waals surface area contributed by atoms with Gasteiger partial charge >= 0.3 is 5.97 Å². The Labute approximate surface area is 117 Å². The van der Waals surface area contributed by atoms with E-state index < -0.39 is 22.1 Å². The highest BCUT2D eigenvalue weighted by molar-refractivity contribution is 9.11. The molecule has 1 aromatic rings. The fourth-order valence-electron chi connectivity index (χ4n) is 1.15. The lowest BCUT2D eigenvalue weighted by Gasteiger charge is -2.13. The minimum absolute atomic E-state index is 0.0827. The monoisotopic (exact) mass is 357 g/mol. The first-order valence-corrected chi connectivity index (χ1v) is 7.94. The number of rotatable bonds is 7. The summed E-state index contributed by atoms with van der Waals surface area (Å²) < 4.78 is 31.7. The topological polar surface area (TPSA) is 92.7 Å². The fourth-order valence-corrected chi connectivity index (χ4v) is 4.27. The van der Waals surface area contributed by atoms with E-state index in [2.05, 4.69) is 20.7 Å². The van der Waals surface area contributed by atoms with Gasteiger partial charge in [-0.25, -0.2) is 13.1 Å². The maximum atomic E-state index is 11.8. The molecule has 0 saturated heterocycles. The van der Waals surface area contributed by atoms with E-state index in [-0.39, 0.29) is 17.2 Å². The first-order valence-electron chi connectivity index (χ1n) is 4.84. The van der Waals surface area contributed by atoms with Crippen molar-refractivity contribution in [2.45, 2.75) is 16.7 Å². The maximum absolute atomic E-state index is 11.8. The molecule has 9 heteroatoms. The number of carboxylic acid groups (broad SMARTS) is 1. The zero-order valence-corrected chi connectivity index (χ0v) is 12.6. The summed E-state index contributed by atoms with van der Waals surface area (Å²) in [7, 11) is -2.28. The van der Waals surface area contributed by atoms with Crippen LogP contribution < -0.4 is 4.72 Å². The Morgan fingerprint density at radius 2 is 2.28 bits per heavy atom. The summed E-state index contributed by atoms with van der Waals surface area (Å²) in [5.41, 5.74) is 0. The number of nitrogens with one attached hydrogen (secondary N) is 1. The first kappa shape index (κ1) is 15.6. The minimum Gasteiger partial charge on any atom is -0.481 e. The summed E-state index contributed by atoms with van der Waals surface area (Å²) in [6, 6.07) is 3.10. The van der Waals surface area contributed by atoms with Gasteiger partial charge in [0.2, 0.25) is 10.0 Å². The zero-order chi connectivity index (χ0) is 13.8. The number of halogens is 1. The van der Waals surface area contributed by atoms with E-state index in [9.17, 15) is 13.2 Å². The Balaban J connectivity index is 2.64. The van der Waals surface area contributed by atoms with E-state index in [1.165, 1.54) is 13.2 Å². The third kappa shape index (κ3) is 4.65. The van der Waals surface area contributed by atoms with E-state index in [0.717, 1.165) is 11.3 Å². The predicted molar refractivity (Wildman–Crippen MR) is 70.3 cm³/mol. The summed E-state index contributed by atoms with van der Waals surface area (Å²) in [6.07, 6.45) is -0.951.